The molecule has 3 N–H and O–H groups in total. The van der Waals surface area contributed by atoms with Crippen LogP contribution in [0.1, 0.15) is 149 Å². The van der Waals surface area contributed by atoms with Gasteiger partial charge in [-0.3, -0.25) is 23.4 Å². The lowest BCUT2D eigenvalue weighted by atomic mass is 10.1. The molecule has 0 rings (SSSR count). The lowest BCUT2D eigenvalue weighted by Crippen LogP contribution is -2.29. The summed E-state index contributed by atoms with van der Waals surface area (Å²) < 4.78 is 32.5. The molecule has 0 aliphatic heterocycles. The molecule has 0 heterocycles. The Balaban J connectivity index is 4.51. The number of carbonyl (C=O) groups excluding carboxylic acids is 3. The van der Waals surface area contributed by atoms with E-state index in [1.807, 2.05) is 6.08 Å². The van der Waals surface area contributed by atoms with Crippen LogP contribution in [0.5, 0.6) is 0 Å². The van der Waals surface area contributed by atoms with Gasteiger partial charge in [-0.25, -0.2) is 4.57 Å². The molecule has 54 heavy (non-hydrogen) atoms. The quantitative estimate of drug-likeness (QED) is 0.0137. The van der Waals surface area contributed by atoms with Crippen molar-refractivity contribution in [2.75, 3.05) is 26.4 Å². The van der Waals surface area contributed by atoms with Crippen molar-refractivity contribution in [1.29, 1.82) is 0 Å². The van der Waals surface area contributed by atoms with Crippen LogP contribution < -0.4 is 0 Å². The number of unbranched alkanes of at least 4 members (excludes halogenated alkanes) is 12. The second-order valence-corrected chi connectivity index (χ2v) is 14.8. The van der Waals surface area contributed by atoms with Gasteiger partial charge in [0.15, 0.2) is 11.9 Å². The summed E-state index contributed by atoms with van der Waals surface area (Å²) in [6.07, 6.45) is 35.8. The Hall–Kier alpha value is -2.66. The molecule has 11 nitrogen and oxygen atoms in total. The maximum Gasteiger partial charge on any atom is 0.472 e. The Bertz CT molecular complexity index is 1150. The third-order valence-corrected chi connectivity index (χ3v) is 9.07. The molecule has 0 aromatic rings. The van der Waals surface area contributed by atoms with E-state index < -0.39 is 51.8 Å². The van der Waals surface area contributed by atoms with Crippen molar-refractivity contribution in [2.45, 2.75) is 161 Å². The number of carbonyl (C=O) groups is 3. The maximum absolute atomic E-state index is 12.6. The lowest BCUT2D eigenvalue weighted by Gasteiger charge is -2.20. The van der Waals surface area contributed by atoms with Crippen LogP contribution in [-0.4, -0.2) is 71.5 Å². The van der Waals surface area contributed by atoms with Crippen LogP contribution in [0.4, 0.5) is 0 Å². The largest absolute Gasteiger partial charge is 0.472 e. The summed E-state index contributed by atoms with van der Waals surface area (Å²) in [6.45, 7) is 2.09. The normalized spacial score (nSPS) is 14.5. The van der Waals surface area contributed by atoms with Gasteiger partial charge in [-0.05, 0) is 76.7 Å². The van der Waals surface area contributed by atoms with Crippen LogP contribution in [0.3, 0.4) is 0 Å². The van der Waals surface area contributed by atoms with E-state index in [0.29, 0.717) is 19.3 Å². The van der Waals surface area contributed by atoms with E-state index in [2.05, 4.69) is 60.9 Å². The first-order valence-electron chi connectivity index (χ1n) is 20.2. The third-order valence-electron chi connectivity index (χ3n) is 8.12. The molecular weight excluding hydrogens is 711 g/mol. The van der Waals surface area contributed by atoms with E-state index in [9.17, 15) is 28.9 Å². The fourth-order valence-electron chi connectivity index (χ4n) is 4.92. The third kappa shape index (κ3) is 36.3. The highest BCUT2D eigenvalue weighted by atomic mass is 31.2. The number of esters is 2. The zero-order valence-electron chi connectivity index (χ0n) is 33.2. The van der Waals surface area contributed by atoms with Crippen LogP contribution >= 0.6 is 7.82 Å². The van der Waals surface area contributed by atoms with E-state index in [0.717, 1.165) is 70.6 Å². The van der Waals surface area contributed by atoms with Gasteiger partial charge in [0.25, 0.3) is 0 Å². The average molecular weight is 783 g/mol. The molecule has 0 aliphatic rings. The molecule has 0 spiro atoms. The molecule has 12 heteroatoms. The summed E-state index contributed by atoms with van der Waals surface area (Å²) in [5.74, 6) is -0.975. The minimum Gasteiger partial charge on any atom is -0.462 e. The standard InChI is InChI=1S/C42H71O11P/c1-3-5-7-9-11-12-13-14-15-16-17-18-20-24-28-32-41(46)50-36-40(37-52-54(48,49)51-35-39(45)34-43)53-42(47)33-29-25-21-23-27-31-38(44)30-26-22-19-10-8-6-4-2/h11-12,14-15,17-19,22,26,30,39-40,43,45H,3-10,13,16,20-21,23-25,27-29,31-37H2,1-2H3,(H,48,49)/b12-11-,15-14-,18-17-,22-19-,30-26+/t39-,40+/m0/s1. The van der Waals surface area contributed by atoms with Crippen molar-refractivity contribution in [3.05, 3.63) is 60.8 Å². The van der Waals surface area contributed by atoms with Gasteiger partial charge in [-0.1, -0.05) is 113 Å². The van der Waals surface area contributed by atoms with Crippen molar-refractivity contribution in [3.63, 3.8) is 0 Å². The van der Waals surface area contributed by atoms with Crippen molar-refractivity contribution < 1.29 is 52.6 Å². The minimum absolute atomic E-state index is 0.0895. The number of ketones is 1. The highest BCUT2D eigenvalue weighted by Gasteiger charge is 2.27. The molecule has 310 valence electrons. The average Bonchev–Trinajstić information content (AvgIpc) is 3.15. The van der Waals surface area contributed by atoms with E-state index in [1.54, 1.807) is 12.2 Å². The van der Waals surface area contributed by atoms with E-state index in [-0.39, 0.29) is 25.2 Å². The smallest absolute Gasteiger partial charge is 0.462 e. The molecule has 0 amide bonds. The predicted molar refractivity (Wildman–Crippen MR) is 215 cm³/mol. The predicted octanol–water partition coefficient (Wildman–Crippen LogP) is 9.51. The van der Waals surface area contributed by atoms with Crippen LogP contribution in [0, 0.1) is 0 Å². The highest BCUT2D eigenvalue weighted by Crippen LogP contribution is 2.43. The number of phosphoric ester groups is 1. The zero-order valence-corrected chi connectivity index (χ0v) is 34.1. The first-order valence-corrected chi connectivity index (χ1v) is 21.7. The van der Waals surface area contributed by atoms with Gasteiger partial charge < -0.3 is 24.6 Å². The molecule has 0 bridgehead atoms. The van der Waals surface area contributed by atoms with Crippen molar-refractivity contribution in [1.82, 2.24) is 0 Å². The van der Waals surface area contributed by atoms with Crippen LogP contribution in [0.2, 0.25) is 0 Å². The summed E-state index contributed by atoms with van der Waals surface area (Å²) in [5.41, 5.74) is 0. The molecule has 1 unspecified atom stereocenters. The Kier molecular flexibility index (Phi) is 35.4. The van der Waals surface area contributed by atoms with Gasteiger partial charge in [-0.2, -0.15) is 0 Å². The first-order chi connectivity index (χ1) is 26.1. The van der Waals surface area contributed by atoms with Crippen LogP contribution in [-0.2, 0) is 37.5 Å². The molecule has 0 saturated heterocycles. The number of phosphoric acid groups is 1. The number of hydrogen-bond acceptors (Lipinski definition) is 10. The molecule has 0 aromatic carbocycles. The van der Waals surface area contributed by atoms with Crippen molar-refractivity contribution >= 4 is 25.5 Å². The molecule has 0 radical (unpaired) electrons. The van der Waals surface area contributed by atoms with Crippen molar-refractivity contribution in [2.24, 2.45) is 0 Å². The van der Waals surface area contributed by atoms with E-state index in [1.165, 1.54) is 32.1 Å². The fourth-order valence-corrected chi connectivity index (χ4v) is 5.71. The lowest BCUT2D eigenvalue weighted by molar-refractivity contribution is -0.161. The number of allylic oxidation sites excluding steroid dienone is 10. The topological polar surface area (TPSA) is 166 Å². The van der Waals surface area contributed by atoms with Gasteiger partial charge in [-0.15, -0.1) is 0 Å². The summed E-state index contributed by atoms with van der Waals surface area (Å²) >= 11 is 0. The summed E-state index contributed by atoms with van der Waals surface area (Å²) in [4.78, 5) is 46.9. The molecule has 0 aromatic heterocycles. The van der Waals surface area contributed by atoms with E-state index in [4.69, 9.17) is 19.1 Å². The Morgan fingerprint density at radius 1 is 0.611 bits per heavy atom. The summed E-state index contributed by atoms with van der Waals surface area (Å²) in [7, 11) is -4.66. The highest BCUT2D eigenvalue weighted by molar-refractivity contribution is 7.47. The number of aliphatic hydroxyl groups excluding tert-OH is 2. The first kappa shape index (κ1) is 51.3. The van der Waals surface area contributed by atoms with Gasteiger partial charge >= 0.3 is 19.8 Å². The second kappa shape index (κ2) is 37.3. The number of hydrogen-bond donors (Lipinski definition) is 3. The maximum atomic E-state index is 12.6. The minimum atomic E-state index is -4.66. The number of ether oxygens (including phenoxy) is 2. The molecule has 0 aliphatic carbocycles. The van der Waals surface area contributed by atoms with Gasteiger partial charge in [0.2, 0.25) is 0 Å². The Morgan fingerprint density at radius 3 is 1.76 bits per heavy atom. The van der Waals surface area contributed by atoms with Crippen LogP contribution in [0.25, 0.3) is 0 Å². The summed E-state index contributed by atoms with van der Waals surface area (Å²) in [5, 5.41) is 18.3. The zero-order chi connectivity index (χ0) is 40.0. The number of rotatable bonds is 37. The summed E-state index contributed by atoms with van der Waals surface area (Å²) in [6, 6.07) is 0. The van der Waals surface area contributed by atoms with E-state index >= 15 is 0 Å². The van der Waals surface area contributed by atoms with Gasteiger partial charge in [0.05, 0.1) is 19.8 Å². The molecule has 0 saturated carbocycles. The Morgan fingerprint density at radius 2 is 1.13 bits per heavy atom. The SMILES string of the molecule is CCCCC/C=C\C=C\C(=O)CCCCCCCC(=O)O[C@H](COC(=O)CCCC/C=C\C/C=C\C/C=C\CCCCC)COP(=O)(O)OC[C@@H](O)CO. The monoisotopic (exact) mass is 782 g/mol. The Labute approximate surface area is 325 Å². The fraction of sp³-hybridized carbons (Fsp3) is 0.690. The molecule has 0 fully saturated rings. The molecule has 3 atom stereocenters. The van der Waals surface area contributed by atoms with Gasteiger partial charge in [0.1, 0.15) is 12.7 Å². The molecular formula is C42H71O11P. The van der Waals surface area contributed by atoms with Gasteiger partial charge in [0, 0.05) is 19.3 Å². The number of aliphatic hydroxyl groups is 2. The second-order valence-electron chi connectivity index (χ2n) is 13.3. The van der Waals surface area contributed by atoms with Crippen LogP contribution in [0.15, 0.2) is 60.8 Å². The van der Waals surface area contributed by atoms with Crippen molar-refractivity contribution in [3.8, 4) is 0 Å².